The number of nitrogens with zero attached hydrogens (tertiary/aromatic N) is 1. The molecule has 0 atom stereocenters. The van der Waals surface area contributed by atoms with Gasteiger partial charge in [-0.05, 0) is 48.9 Å². The van der Waals surface area contributed by atoms with Crippen LogP contribution in [-0.4, -0.2) is 36.3 Å². The van der Waals surface area contributed by atoms with Crippen LogP contribution in [-0.2, 0) is 14.4 Å². The molecule has 28 heavy (non-hydrogen) atoms. The molecule has 1 aliphatic rings. The predicted octanol–water partition coefficient (Wildman–Crippen LogP) is 2.87. The number of nitrogens with one attached hydrogen (secondary N) is 2. The van der Waals surface area contributed by atoms with Gasteiger partial charge in [-0.3, -0.25) is 19.3 Å². The highest BCUT2D eigenvalue weighted by Gasteiger charge is 2.36. The Morgan fingerprint density at radius 1 is 0.964 bits per heavy atom. The zero-order valence-electron chi connectivity index (χ0n) is 15.9. The Labute approximate surface area is 163 Å². The van der Waals surface area contributed by atoms with Gasteiger partial charge in [0, 0.05) is 25.3 Å². The van der Waals surface area contributed by atoms with E-state index in [1.54, 1.807) is 48.5 Å². The topological polar surface area (TPSA) is 87.7 Å². The molecule has 0 fully saturated rings. The number of amides is 3. The normalized spacial score (nSPS) is 13.8. The van der Waals surface area contributed by atoms with Crippen LogP contribution in [0, 0.1) is 0 Å². The maximum atomic E-state index is 12.6. The zero-order chi connectivity index (χ0) is 20.3. The maximum absolute atomic E-state index is 12.6. The quantitative estimate of drug-likeness (QED) is 0.754. The summed E-state index contributed by atoms with van der Waals surface area (Å²) in [6, 6.07) is 13.9. The lowest BCUT2D eigenvalue weighted by atomic mass is 10.0. The molecule has 144 valence electrons. The second kappa shape index (κ2) is 7.96. The Morgan fingerprint density at radius 3 is 2.14 bits per heavy atom. The molecule has 0 spiro atoms. The first-order valence-corrected chi connectivity index (χ1v) is 8.85. The summed E-state index contributed by atoms with van der Waals surface area (Å²) < 4.78 is 5.42. The fraction of sp³-hybridized carbons (Fsp3) is 0.190. The van der Waals surface area contributed by atoms with Crippen molar-refractivity contribution in [1.29, 1.82) is 0 Å². The molecule has 3 rings (SSSR count). The molecule has 0 saturated heterocycles. The van der Waals surface area contributed by atoms with Crippen molar-refractivity contribution in [2.45, 2.75) is 13.8 Å². The molecule has 0 aromatic heterocycles. The fourth-order valence-electron chi connectivity index (χ4n) is 2.89. The van der Waals surface area contributed by atoms with E-state index in [-0.39, 0.29) is 23.1 Å². The molecule has 2 aromatic carbocycles. The minimum atomic E-state index is -0.403. The second-order valence-corrected chi connectivity index (χ2v) is 6.26. The highest BCUT2D eigenvalue weighted by atomic mass is 16.5. The van der Waals surface area contributed by atoms with Crippen molar-refractivity contribution < 1.29 is 19.1 Å². The number of imide groups is 1. The first kappa shape index (κ1) is 19.2. The van der Waals surface area contributed by atoms with Gasteiger partial charge in [-0.2, -0.15) is 0 Å². The molecule has 2 N–H and O–H groups in total. The molecule has 7 nitrogen and oxygen atoms in total. The summed E-state index contributed by atoms with van der Waals surface area (Å²) in [4.78, 5) is 37.5. The molecule has 3 amide bonds. The van der Waals surface area contributed by atoms with Gasteiger partial charge >= 0.3 is 0 Å². The number of ether oxygens (including phenoxy) is 1. The summed E-state index contributed by atoms with van der Waals surface area (Å²) >= 11 is 0. The Kier molecular flexibility index (Phi) is 5.44. The maximum Gasteiger partial charge on any atom is 0.277 e. The molecule has 0 aliphatic carbocycles. The first-order chi connectivity index (χ1) is 13.4. The first-order valence-electron chi connectivity index (χ1n) is 8.85. The van der Waals surface area contributed by atoms with Crippen LogP contribution in [0.4, 0.5) is 11.4 Å². The molecule has 7 heteroatoms. The third-order valence-corrected chi connectivity index (χ3v) is 4.22. The number of hydrogen-bond acceptors (Lipinski definition) is 5. The molecule has 0 radical (unpaired) electrons. The molecular formula is C21H21N3O4. The minimum Gasteiger partial charge on any atom is -0.494 e. The van der Waals surface area contributed by atoms with Crippen molar-refractivity contribution in [2.24, 2.45) is 0 Å². The van der Waals surface area contributed by atoms with E-state index in [1.807, 2.05) is 6.92 Å². The lowest BCUT2D eigenvalue weighted by molar-refractivity contribution is -0.135. The van der Waals surface area contributed by atoms with Crippen LogP contribution >= 0.6 is 0 Å². The van der Waals surface area contributed by atoms with Crippen LogP contribution in [0.25, 0.3) is 5.57 Å². The zero-order valence-corrected chi connectivity index (χ0v) is 15.9. The Hall–Kier alpha value is -3.61. The standard InChI is InChI=1S/C21H21N3O4/c1-4-28-17-11-9-16(10-12-17)23-19-18(20(26)24(3)21(19)27)14-5-7-15(8-6-14)22-13(2)25/h5-12,23H,4H2,1-3H3,(H,22,25). The van der Waals surface area contributed by atoms with E-state index < -0.39 is 5.91 Å². The van der Waals surface area contributed by atoms with Crippen molar-refractivity contribution in [1.82, 2.24) is 4.90 Å². The van der Waals surface area contributed by atoms with E-state index in [1.165, 1.54) is 14.0 Å². The Morgan fingerprint density at radius 2 is 1.57 bits per heavy atom. The average molecular weight is 379 g/mol. The van der Waals surface area contributed by atoms with Crippen LogP contribution in [0.1, 0.15) is 19.4 Å². The van der Waals surface area contributed by atoms with Crippen molar-refractivity contribution in [3.63, 3.8) is 0 Å². The molecular weight excluding hydrogens is 358 g/mol. The minimum absolute atomic E-state index is 0.184. The molecule has 2 aromatic rings. The van der Waals surface area contributed by atoms with Crippen molar-refractivity contribution in [2.75, 3.05) is 24.3 Å². The van der Waals surface area contributed by atoms with Crippen molar-refractivity contribution >= 4 is 34.7 Å². The van der Waals surface area contributed by atoms with E-state index in [9.17, 15) is 14.4 Å². The highest BCUT2D eigenvalue weighted by molar-refractivity contribution is 6.36. The smallest absolute Gasteiger partial charge is 0.277 e. The lowest BCUT2D eigenvalue weighted by Gasteiger charge is -2.10. The van der Waals surface area contributed by atoms with Crippen LogP contribution < -0.4 is 15.4 Å². The summed E-state index contributed by atoms with van der Waals surface area (Å²) in [7, 11) is 1.45. The Balaban J connectivity index is 1.94. The molecule has 1 aliphatic heterocycles. The van der Waals surface area contributed by atoms with E-state index in [0.29, 0.717) is 23.5 Å². The predicted molar refractivity (Wildman–Crippen MR) is 107 cm³/mol. The second-order valence-electron chi connectivity index (χ2n) is 6.26. The summed E-state index contributed by atoms with van der Waals surface area (Å²) in [6.45, 7) is 3.89. The van der Waals surface area contributed by atoms with E-state index in [0.717, 1.165) is 10.6 Å². The lowest BCUT2D eigenvalue weighted by Crippen LogP contribution is -2.27. The van der Waals surface area contributed by atoms with Gasteiger partial charge in [0.25, 0.3) is 11.8 Å². The van der Waals surface area contributed by atoms with Crippen molar-refractivity contribution in [3.8, 4) is 5.75 Å². The number of rotatable bonds is 6. The highest BCUT2D eigenvalue weighted by Crippen LogP contribution is 2.30. The number of carbonyl (C=O) groups is 3. The van der Waals surface area contributed by atoms with Gasteiger partial charge in [-0.15, -0.1) is 0 Å². The van der Waals surface area contributed by atoms with E-state index >= 15 is 0 Å². The van der Waals surface area contributed by atoms with Gasteiger partial charge in [-0.25, -0.2) is 0 Å². The molecule has 0 unspecified atom stereocenters. The third-order valence-electron chi connectivity index (χ3n) is 4.22. The van der Waals surface area contributed by atoms with Crippen LogP contribution in [0.5, 0.6) is 5.75 Å². The fourth-order valence-corrected chi connectivity index (χ4v) is 2.89. The monoisotopic (exact) mass is 379 g/mol. The number of anilines is 2. The summed E-state index contributed by atoms with van der Waals surface area (Å²) in [5.41, 5.74) is 2.37. The largest absolute Gasteiger partial charge is 0.494 e. The van der Waals surface area contributed by atoms with Crippen LogP contribution in [0.2, 0.25) is 0 Å². The molecule has 1 heterocycles. The average Bonchev–Trinajstić information content (AvgIpc) is 2.88. The van der Waals surface area contributed by atoms with Gasteiger partial charge in [-0.1, -0.05) is 12.1 Å². The SMILES string of the molecule is CCOc1ccc(NC2=C(c3ccc(NC(C)=O)cc3)C(=O)N(C)C2=O)cc1. The van der Waals surface area contributed by atoms with Gasteiger partial charge in [0.05, 0.1) is 12.2 Å². The number of carbonyl (C=O) groups excluding carboxylic acids is 3. The molecule has 0 bridgehead atoms. The van der Waals surface area contributed by atoms with E-state index in [4.69, 9.17) is 4.74 Å². The third kappa shape index (κ3) is 3.88. The van der Waals surface area contributed by atoms with Crippen LogP contribution in [0.15, 0.2) is 54.2 Å². The molecule has 0 saturated carbocycles. The van der Waals surface area contributed by atoms with Gasteiger partial charge in [0.1, 0.15) is 11.4 Å². The summed E-state index contributed by atoms with van der Waals surface area (Å²) in [5, 5.41) is 5.73. The van der Waals surface area contributed by atoms with Gasteiger partial charge < -0.3 is 15.4 Å². The van der Waals surface area contributed by atoms with Gasteiger partial charge in [0.2, 0.25) is 5.91 Å². The van der Waals surface area contributed by atoms with Gasteiger partial charge in [0.15, 0.2) is 0 Å². The van der Waals surface area contributed by atoms with E-state index in [2.05, 4.69) is 10.6 Å². The van der Waals surface area contributed by atoms with Crippen molar-refractivity contribution in [3.05, 3.63) is 59.8 Å². The number of likely N-dealkylation sites (N-methyl/N-ethyl adjacent to an activating group) is 1. The summed E-state index contributed by atoms with van der Waals surface area (Å²) in [6.07, 6.45) is 0. The number of hydrogen-bond donors (Lipinski definition) is 2. The number of benzene rings is 2. The van der Waals surface area contributed by atoms with Crippen LogP contribution in [0.3, 0.4) is 0 Å². The summed E-state index contributed by atoms with van der Waals surface area (Å²) in [5.74, 6) is -0.246. The Bertz CT molecular complexity index is 947.